The van der Waals surface area contributed by atoms with Gasteiger partial charge in [0.1, 0.15) is 28.2 Å². The van der Waals surface area contributed by atoms with Gasteiger partial charge in [-0.05, 0) is 31.1 Å². The molecule has 0 bridgehead atoms. The number of aromatic amines is 1. The van der Waals surface area contributed by atoms with Gasteiger partial charge in [0.25, 0.3) is 11.5 Å². The molecular weight excluding hydrogens is 488 g/mol. The number of carboxylic acid groups (broad SMARTS) is 1. The van der Waals surface area contributed by atoms with Crippen LogP contribution in [0, 0.1) is 6.92 Å². The van der Waals surface area contributed by atoms with E-state index in [1.54, 1.807) is 12.3 Å². The van der Waals surface area contributed by atoms with E-state index in [0.29, 0.717) is 33.7 Å². The molecule has 12 heteroatoms. The lowest BCUT2D eigenvalue weighted by Gasteiger charge is -2.13. The number of rotatable bonds is 10. The number of anilines is 1. The van der Waals surface area contributed by atoms with E-state index in [4.69, 9.17) is 17.3 Å². The third-order valence-corrected chi connectivity index (χ3v) is 6.79. The first kappa shape index (κ1) is 24.6. The van der Waals surface area contributed by atoms with Crippen molar-refractivity contribution in [3.8, 4) is 0 Å². The molecule has 0 spiro atoms. The van der Waals surface area contributed by atoms with Crippen molar-refractivity contribution in [2.75, 3.05) is 18.4 Å². The molecule has 1 aliphatic heterocycles. The van der Waals surface area contributed by atoms with Crippen LogP contribution in [0.2, 0.25) is 0 Å². The van der Waals surface area contributed by atoms with Gasteiger partial charge < -0.3 is 10.4 Å². The molecule has 35 heavy (non-hydrogen) atoms. The van der Waals surface area contributed by atoms with Gasteiger partial charge >= 0.3 is 5.97 Å². The number of fused-ring (bicyclic) bond motifs is 1. The fourth-order valence-corrected chi connectivity index (χ4v) is 4.95. The number of nitrogens with one attached hydrogen (secondary N) is 2. The van der Waals surface area contributed by atoms with E-state index >= 15 is 0 Å². The number of H-pyrrole nitrogens is 1. The molecular formula is C23H25N6O4S2+. The van der Waals surface area contributed by atoms with Crippen LogP contribution >= 0.6 is 24.0 Å². The van der Waals surface area contributed by atoms with E-state index < -0.39 is 5.97 Å². The van der Waals surface area contributed by atoms with E-state index in [-0.39, 0.29) is 30.0 Å². The molecule has 3 aromatic rings. The average molecular weight is 514 g/mol. The molecule has 1 amide bonds. The van der Waals surface area contributed by atoms with Crippen molar-refractivity contribution in [1.82, 2.24) is 19.3 Å². The highest BCUT2D eigenvalue weighted by molar-refractivity contribution is 8.26. The van der Waals surface area contributed by atoms with Crippen molar-refractivity contribution in [2.24, 2.45) is 0 Å². The first-order valence-electron chi connectivity index (χ1n) is 11.1. The topological polar surface area (TPSA) is 124 Å². The summed E-state index contributed by atoms with van der Waals surface area (Å²) in [6.07, 6.45) is 9.93. The molecule has 4 rings (SSSR count). The lowest BCUT2D eigenvalue weighted by atomic mass is 10.2. The fourth-order valence-electron chi connectivity index (χ4n) is 3.66. The maximum atomic E-state index is 13.4. The van der Waals surface area contributed by atoms with E-state index in [9.17, 15) is 14.4 Å². The molecule has 0 aliphatic carbocycles. The number of hydrogen-bond acceptors (Lipinski definition) is 7. The Bertz CT molecular complexity index is 1370. The Morgan fingerprint density at radius 2 is 2.17 bits per heavy atom. The largest absolute Gasteiger partial charge is 0.481 e. The van der Waals surface area contributed by atoms with Gasteiger partial charge in [0, 0.05) is 32.1 Å². The molecule has 0 saturated carbocycles. The Hall–Kier alpha value is -3.51. The van der Waals surface area contributed by atoms with Gasteiger partial charge in [0.2, 0.25) is 6.33 Å². The molecule has 10 nitrogen and oxygen atoms in total. The van der Waals surface area contributed by atoms with Crippen molar-refractivity contribution in [2.45, 2.75) is 32.7 Å². The monoisotopic (exact) mass is 513 g/mol. The minimum Gasteiger partial charge on any atom is -0.481 e. The summed E-state index contributed by atoms with van der Waals surface area (Å²) in [6, 6.07) is 3.67. The minimum absolute atomic E-state index is 0.0550. The Balaban J connectivity index is 1.62. The molecule has 1 fully saturated rings. The van der Waals surface area contributed by atoms with Crippen molar-refractivity contribution in [3.05, 3.63) is 63.4 Å². The smallest absolute Gasteiger partial charge is 0.303 e. The molecule has 182 valence electrons. The maximum Gasteiger partial charge on any atom is 0.303 e. The number of aromatic nitrogens is 4. The molecule has 1 aliphatic rings. The molecule has 4 heterocycles. The predicted molar refractivity (Wildman–Crippen MR) is 137 cm³/mol. The second kappa shape index (κ2) is 10.8. The summed E-state index contributed by atoms with van der Waals surface area (Å²) in [4.78, 5) is 46.6. The first-order valence-corrected chi connectivity index (χ1v) is 12.3. The summed E-state index contributed by atoms with van der Waals surface area (Å²) < 4.78 is 3.83. The SMILES string of the molecule is Cc1ccc2nc(NCCC[n+]3cc[nH]c3)c(/C=C3\SC(=S)N(CCCC(=O)O)C3=O)c(=O)n2c1. The normalized spacial score (nSPS) is 14.9. The molecule has 3 N–H and O–H groups in total. The van der Waals surface area contributed by atoms with E-state index in [1.807, 2.05) is 36.3 Å². The van der Waals surface area contributed by atoms with Crippen LogP contribution in [0.3, 0.4) is 0 Å². The third-order valence-electron chi connectivity index (χ3n) is 5.42. The summed E-state index contributed by atoms with van der Waals surface area (Å²) in [5.41, 5.74) is 1.38. The number of carbonyl (C=O) groups is 2. The summed E-state index contributed by atoms with van der Waals surface area (Å²) in [5, 5.41) is 12.1. The number of pyridine rings is 1. The van der Waals surface area contributed by atoms with E-state index in [0.717, 1.165) is 30.3 Å². The average Bonchev–Trinajstić information content (AvgIpc) is 3.43. The van der Waals surface area contributed by atoms with Gasteiger partial charge in [0.05, 0.1) is 17.0 Å². The maximum absolute atomic E-state index is 13.4. The van der Waals surface area contributed by atoms with Gasteiger partial charge in [0.15, 0.2) is 0 Å². The second-order valence-electron chi connectivity index (χ2n) is 8.07. The quantitative estimate of drug-likeness (QED) is 0.163. The lowest BCUT2D eigenvalue weighted by molar-refractivity contribution is -0.695. The van der Waals surface area contributed by atoms with Crippen molar-refractivity contribution in [3.63, 3.8) is 0 Å². The Morgan fingerprint density at radius 1 is 1.34 bits per heavy atom. The molecule has 0 unspecified atom stereocenters. The number of thioether (sulfide) groups is 1. The number of carbonyl (C=O) groups excluding carboxylic acids is 1. The lowest BCUT2D eigenvalue weighted by Crippen LogP contribution is -2.31. The molecule has 1 saturated heterocycles. The summed E-state index contributed by atoms with van der Waals surface area (Å²) in [5.74, 6) is -0.870. The van der Waals surface area contributed by atoms with E-state index in [2.05, 4.69) is 15.3 Å². The highest BCUT2D eigenvalue weighted by Gasteiger charge is 2.32. The second-order valence-corrected chi connectivity index (χ2v) is 9.75. The number of thiocarbonyl (C=S) groups is 1. The number of aliphatic carboxylic acids is 1. The molecule has 0 aromatic carbocycles. The highest BCUT2D eigenvalue weighted by Crippen LogP contribution is 2.33. The van der Waals surface area contributed by atoms with Crippen LogP contribution in [0.15, 0.2) is 46.8 Å². The highest BCUT2D eigenvalue weighted by atomic mass is 32.2. The van der Waals surface area contributed by atoms with Crippen LogP contribution in [-0.4, -0.2) is 53.7 Å². The number of nitrogens with zero attached hydrogens (tertiary/aromatic N) is 4. The zero-order chi connectivity index (χ0) is 24.9. The number of hydrogen-bond donors (Lipinski definition) is 3. The fraction of sp³-hybridized carbons (Fsp3) is 0.304. The standard InChI is InChI=1S/C23H24N6O4S2/c1-15-5-6-18-26-20(25-7-3-9-27-11-8-24-14-27)16(21(32)29(18)13-15)12-17-22(33)28(23(34)35-17)10-2-4-19(30)31/h5-6,8,11-14H,2-4,7,9-10H2,1H3,(H2,25,30,31,32,33)/p+1. The molecule has 3 aromatic heterocycles. The van der Waals surface area contributed by atoms with Crippen LogP contribution in [0.1, 0.15) is 30.4 Å². The minimum atomic E-state index is -0.929. The first-order chi connectivity index (χ1) is 16.8. The number of imidazole rings is 1. The van der Waals surface area contributed by atoms with Crippen LogP contribution in [-0.2, 0) is 16.1 Å². The number of carboxylic acids is 1. The van der Waals surface area contributed by atoms with Crippen LogP contribution in [0.5, 0.6) is 0 Å². The molecule has 0 atom stereocenters. The number of aryl methyl sites for hydroxylation is 2. The Kier molecular flexibility index (Phi) is 7.61. The molecule has 0 radical (unpaired) electrons. The van der Waals surface area contributed by atoms with Crippen LogP contribution < -0.4 is 15.4 Å². The van der Waals surface area contributed by atoms with Crippen molar-refractivity contribution in [1.29, 1.82) is 0 Å². The Morgan fingerprint density at radius 3 is 2.91 bits per heavy atom. The van der Waals surface area contributed by atoms with Crippen molar-refractivity contribution < 1.29 is 19.3 Å². The zero-order valence-electron chi connectivity index (χ0n) is 19.1. The van der Waals surface area contributed by atoms with Gasteiger partial charge in [-0.25, -0.2) is 9.55 Å². The predicted octanol–water partition coefficient (Wildman–Crippen LogP) is 2.19. The van der Waals surface area contributed by atoms with Crippen LogP contribution in [0.4, 0.5) is 5.82 Å². The summed E-state index contributed by atoms with van der Waals surface area (Å²) >= 11 is 6.43. The van der Waals surface area contributed by atoms with Gasteiger partial charge in [-0.2, -0.15) is 0 Å². The Labute approximate surface area is 210 Å². The summed E-state index contributed by atoms with van der Waals surface area (Å²) in [6.45, 7) is 3.46. The summed E-state index contributed by atoms with van der Waals surface area (Å²) in [7, 11) is 0. The van der Waals surface area contributed by atoms with Gasteiger partial charge in [-0.3, -0.25) is 28.7 Å². The van der Waals surface area contributed by atoms with E-state index in [1.165, 1.54) is 15.4 Å². The van der Waals surface area contributed by atoms with Crippen LogP contribution in [0.25, 0.3) is 11.7 Å². The van der Waals surface area contributed by atoms with Crippen molar-refractivity contribution >= 4 is 57.7 Å². The zero-order valence-corrected chi connectivity index (χ0v) is 20.7. The number of amides is 1. The third kappa shape index (κ3) is 5.77. The van der Waals surface area contributed by atoms with Gasteiger partial charge in [-0.15, -0.1) is 0 Å². The van der Waals surface area contributed by atoms with Gasteiger partial charge in [-0.1, -0.05) is 30.0 Å².